The molecule has 0 saturated heterocycles. The number of esters is 1. The maximum Gasteiger partial charge on any atom is 0.340 e. The maximum atomic E-state index is 12.7. The van der Waals surface area contributed by atoms with Crippen LogP contribution in [0, 0.1) is 0 Å². The monoisotopic (exact) mass is 418 g/mol. The van der Waals surface area contributed by atoms with E-state index in [9.17, 15) is 19.5 Å². The third kappa shape index (κ3) is 6.17. The van der Waals surface area contributed by atoms with Gasteiger partial charge in [-0.05, 0) is 12.1 Å². The minimum atomic E-state index is -1.33. The number of benzene rings is 2. The van der Waals surface area contributed by atoms with Gasteiger partial charge in [-0.25, -0.2) is 9.59 Å². The highest BCUT2D eigenvalue weighted by Gasteiger charge is 2.24. The molecule has 29 heavy (non-hydrogen) atoms. The fourth-order valence-corrected chi connectivity index (χ4v) is 2.62. The van der Waals surface area contributed by atoms with E-state index in [1.54, 1.807) is 30.3 Å². The van der Waals surface area contributed by atoms with Gasteiger partial charge in [0.05, 0.1) is 18.2 Å². The van der Waals surface area contributed by atoms with E-state index in [0.717, 1.165) is 6.08 Å². The molecular formula is C21H19ClO7. The highest BCUT2D eigenvalue weighted by Crippen LogP contribution is 2.32. The van der Waals surface area contributed by atoms with Gasteiger partial charge in [0.15, 0.2) is 11.5 Å². The minimum Gasteiger partial charge on any atom is -0.489 e. The molecule has 0 radical (unpaired) electrons. The maximum absolute atomic E-state index is 12.7. The Kier molecular flexibility index (Phi) is 8.39. The molecule has 2 rings (SSSR count). The van der Waals surface area contributed by atoms with Gasteiger partial charge >= 0.3 is 11.9 Å². The lowest BCUT2D eigenvalue weighted by molar-refractivity contribution is -0.139. The van der Waals surface area contributed by atoms with Crippen molar-refractivity contribution in [3.05, 3.63) is 76.8 Å². The first kappa shape index (κ1) is 22.1. The van der Waals surface area contributed by atoms with Gasteiger partial charge in [-0.1, -0.05) is 48.5 Å². The van der Waals surface area contributed by atoms with Crippen molar-refractivity contribution in [2.24, 2.45) is 0 Å². The molecule has 0 unspecified atom stereocenters. The summed E-state index contributed by atoms with van der Waals surface area (Å²) in [5, 5.41) is 9.70. The molecule has 0 aliphatic heterocycles. The Labute approximate surface area is 172 Å². The Morgan fingerprint density at radius 1 is 1.00 bits per heavy atom. The van der Waals surface area contributed by atoms with Crippen LogP contribution in [0.15, 0.2) is 55.1 Å². The summed E-state index contributed by atoms with van der Waals surface area (Å²) in [5.41, 5.74) is 0.00676. The Bertz CT molecular complexity index is 893. The summed E-state index contributed by atoms with van der Waals surface area (Å²) >= 11 is 6.10. The van der Waals surface area contributed by atoms with Gasteiger partial charge in [0.2, 0.25) is 0 Å². The molecule has 7 nitrogen and oxygen atoms in total. The van der Waals surface area contributed by atoms with E-state index in [1.807, 2.05) is 0 Å². The summed E-state index contributed by atoms with van der Waals surface area (Å²) in [6.45, 7) is 3.53. The number of halogens is 1. The zero-order chi connectivity index (χ0) is 21.2. The molecular weight excluding hydrogens is 400 g/mol. The van der Waals surface area contributed by atoms with Gasteiger partial charge in [0, 0.05) is 17.2 Å². The Morgan fingerprint density at radius 2 is 1.69 bits per heavy atom. The van der Waals surface area contributed by atoms with E-state index >= 15 is 0 Å². The van der Waals surface area contributed by atoms with Crippen LogP contribution in [0.5, 0.6) is 5.75 Å². The van der Waals surface area contributed by atoms with Crippen LogP contribution in [0.3, 0.4) is 0 Å². The summed E-state index contributed by atoms with van der Waals surface area (Å²) in [6, 6.07) is 11.1. The number of carbonyl (C=O) groups excluding carboxylic acids is 2. The zero-order valence-corrected chi connectivity index (χ0v) is 16.2. The van der Waals surface area contributed by atoms with Crippen molar-refractivity contribution in [1.29, 1.82) is 0 Å². The molecule has 8 heteroatoms. The highest BCUT2D eigenvalue weighted by molar-refractivity contribution is 6.33. The fourth-order valence-electron chi connectivity index (χ4n) is 2.41. The molecule has 152 valence electrons. The number of hydrogen-bond acceptors (Lipinski definition) is 6. The van der Waals surface area contributed by atoms with Gasteiger partial charge in [-0.3, -0.25) is 4.79 Å². The number of carboxylic acid groups (broad SMARTS) is 1. The summed E-state index contributed by atoms with van der Waals surface area (Å²) in [4.78, 5) is 35.4. The summed E-state index contributed by atoms with van der Waals surface area (Å²) in [6.07, 6.45) is 1.04. The number of carbonyl (C=O) groups is 3. The van der Waals surface area contributed by atoms with Crippen molar-refractivity contribution in [2.75, 3.05) is 26.4 Å². The van der Waals surface area contributed by atoms with Crippen LogP contribution in [0.4, 0.5) is 0 Å². The first-order valence-electron chi connectivity index (χ1n) is 8.61. The van der Waals surface area contributed by atoms with Crippen molar-refractivity contribution in [3.8, 4) is 5.75 Å². The predicted molar refractivity (Wildman–Crippen MR) is 106 cm³/mol. The molecule has 0 aliphatic rings. The normalized spacial score (nSPS) is 10.2. The Balaban J connectivity index is 2.07. The van der Waals surface area contributed by atoms with Crippen molar-refractivity contribution in [2.45, 2.75) is 0 Å². The molecule has 0 aromatic heterocycles. The quantitative estimate of drug-likeness (QED) is 0.258. The van der Waals surface area contributed by atoms with E-state index in [2.05, 4.69) is 6.58 Å². The van der Waals surface area contributed by atoms with E-state index in [1.165, 1.54) is 12.1 Å². The summed E-state index contributed by atoms with van der Waals surface area (Å²) in [5.74, 6) is -2.45. The first-order valence-corrected chi connectivity index (χ1v) is 8.98. The number of ether oxygens (including phenoxy) is 3. The molecule has 2 aromatic rings. The molecule has 0 saturated carbocycles. The van der Waals surface area contributed by atoms with Crippen molar-refractivity contribution >= 4 is 29.3 Å². The van der Waals surface area contributed by atoms with Crippen LogP contribution in [-0.4, -0.2) is 49.3 Å². The van der Waals surface area contributed by atoms with Crippen LogP contribution in [-0.2, 0) is 14.3 Å². The number of carboxylic acids is 1. The SMILES string of the molecule is C=CC(=O)OCCOCCOc1c(Cl)ccc(C(=O)c2ccccc2)c1C(=O)O. The predicted octanol–water partition coefficient (Wildman–Crippen LogP) is 3.39. The third-order valence-corrected chi connectivity index (χ3v) is 4.01. The molecule has 0 heterocycles. The fraction of sp³-hybridized carbons (Fsp3) is 0.190. The summed E-state index contributed by atoms with van der Waals surface area (Å²) in [7, 11) is 0. The van der Waals surface area contributed by atoms with Gasteiger partial charge in [-0.15, -0.1) is 0 Å². The molecule has 0 atom stereocenters. The second kappa shape index (κ2) is 11.0. The van der Waals surface area contributed by atoms with Gasteiger partial charge in [0.25, 0.3) is 0 Å². The smallest absolute Gasteiger partial charge is 0.340 e. The average Bonchev–Trinajstić information content (AvgIpc) is 2.73. The highest BCUT2D eigenvalue weighted by atomic mass is 35.5. The molecule has 0 aliphatic carbocycles. The van der Waals surface area contributed by atoms with Crippen LogP contribution in [0.2, 0.25) is 5.02 Å². The largest absolute Gasteiger partial charge is 0.489 e. The molecule has 1 N–H and O–H groups in total. The Morgan fingerprint density at radius 3 is 2.34 bits per heavy atom. The number of hydrogen-bond donors (Lipinski definition) is 1. The van der Waals surface area contributed by atoms with Crippen LogP contribution < -0.4 is 4.74 Å². The number of ketones is 1. The van der Waals surface area contributed by atoms with E-state index < -0.39 is 17.7 Å². The topological polar surface area (TPSA) is 99.1 Å². The van der Waals surface area contributed by atoms with E-state index in [-0.39, 0.29) is 48.3 Å². The minimum absolute atomic E-state index is 0.0155. The van der Waals surface area contributed by atoms with Gasteiger partial charge < -0.3 is 19.3 Å². The molecule has 0 spiro atoms. The van der Waals surface area contributed by atoms with Gasteiger partial charge in [-0.2, -0.15) is 0 Å². The lowest BCUT2D eigenvalue weighted by atomic mass is 9.97. The second-order valence-corrected chi connectivity index (χ2v) is 6.04. The van der Waals surface area contributed by atoms with E-state index in [0.29, 0.717) is 5.56 Å². The van der Waals surface area contributed by atoms with Crippen molar-refractivity contribution in [1.82, 2.24) is 0 Å². The standard InChI is InChI=1S/C21H19ClO7/c1-2-17(23)28-12-10-27-11-13-29-20-16(22)9-8-15(18(20)21(25)26)19(24)14-6-4-3-5-7-14/h2-9H,1,10-13H2,(H,25,26). The zero-order valence-electron chi connectivity index (χ0n) is 15.4. The van der Waals surface area contributed by atoms with E-state index in [4.69, 9.17) is 25.8 Å². The van der Waals surface area contributed by atoms with Crippen molar-refractivity contribution < 1.29 is 33.7 Å². The van der Waals surface area contributed by atoms with Crippen LogP contribution in [0.1, 0.15) is 26.3 Å². The summed E-state index contributed by atoms with van der Waals surface area (Å²) < 4.78 is 15.5. The third-order valence-electron chi connectivity index (χ3n) is 3.72. The van der Waals surface area contributed by atoms with Crippen LogP contribution >= 0.6 is 11.6 Å². The number of rotatable bonds is 11. The molecule has 2 aromatic carbocycles. The van der Waals surface area contributed by atoms with Crippen LogP contribution in [0.25, 0.3) is 0 Å². The number of aromatic carboxylic acids is 1. The molecule has 0 amide bonds. The second-order valence-electron chi connectivity index (χ2n) is 5.63. The van der Waals surface area contributed by atoms with Gasteiger partial charge in [0.1, 0.15) is 18.8 Å². The molecule has 0 fully saturated rings. The van der Waals surface area contributed by atoms with Crippen molar-refractivity contribution in [3.63, 3.8) is 0 Å². The lowest BCUT2D eigenvalue weighted by Gasteiger charge is -2.14. The first-order chi connectivity index (χ1) is 14.0. The lowest BCUT2D eigenvalue weighted by Crippen LogP contribution is -2.16. The molecule has 0 bridgehead atoms. The Hall–Kier alpha value is -3.16. The average molecular weight is 419 g/mol.